The van der Waals surface area contributed by atoms with E-state index in [1.54, 1.807) is 18.2 Å². The fourth-order valence-corrected chi connectivity index (χ4v) is 4.05. The van der Waals surface area contributed by atoms with Crippen molar-refractivity contribution in [2.75, 3.05) is 11.9 Å². The number of carbonyl (C=O) groups is 1. The highest BCUT2D eigenvalue weighted by atomic mass is 35.5. The molecule has 26 heavy (non-hydrogen) atoms. The third kappa shape index (κ3) is 5.06. The van der Waals surface area contributed by atoms with Gasteiger partial charge in [-0.3, -0.25) is 4.79 Å². The molecule has 1 amide bonds. The van der Waals surface area contributed by atoms with Crippen LogP contribution in [0, 0.1) is 19.8 Å². The highest BCUT2D eigenvalue weighted by molar-refractivity contribution is 7.89. The van der Waals surface area contributed by atoms with Crippen LogP contribution in [0.25, 0.3) is 0 Å². The molecule has 0 spiro atoms. The summed E-state index contributed by atoms with van der Waals surface area (Å²) in [7, 11) is -3.66. The molecule has 0 radical (unpaired) electrons. The zero-order valence-corrected chi connectivity index (χ0v) is 16.8. The summed E-state index contributed by atoms with van der Waals surface area (Å²) in [4.78, 5) is 12.6. The van der Waals surface area contributed by atoms with Crippen molar-refractivity contribution in [2.24, 2.45) is 5.92 Å². The van der Waals surface area contributed by atoms with Crippen molar-refractivity contribution in [1.82, 2.24) is 4.72 Å². The van der Waals surface area contributed by atoms with Crippen molar-refractivity contribution >= 4 is 33.2 Å². The Morgan fingerprint density at radius 1 is 1.15 bits per heavy atom. The fourth-order valence-electron chi connectivity index (χ4n) is 2.42. The van der Waals surface area contributed by atoms with E-state index in [2.05, 4.69) is 10.0 Å². The predicted molar refractivity (Wildman–Crippen MR) is 105 cm³/mol. The molecule has 0 saturated heterocycles. The lowest BCUT2D eigenvalue weighted by atomic mass is 10.1. The van der Waals surface area contributed by atoms with E-state index in [0.717, 1.165) is 11.1 Å². The van der Waals surface area contributed by atoms with Gasteiger partial charge in [0.25, 0.3) is 5.91 Å². The van der Waals surface area contributed by atoms with E-state index in [9.17, 15) is 13.2 Å². The van der Waals surface area contributed by atoms with Crippen LogP contribution >= 0.6 is 11.6 Å². The van der Waals surface area contributed by atoms with Crippen LogP contribution in [0.3, 0.4) is 0 Å². The third-order valence-corrected chi connectivity index (χ3v) is 5.48. The molecule has 0 bridgehead atoms. The maximum atomic E-state index is 12.6. The second kappa shape index (κ2) is 8.20. The van der Waals surface area contributed by atoms with Gasteiger partial charge in [-0.25, -0.2) is 13.1 Å². The van der Waals surface area contributed by atoms with Crippen molar-refractivity contribution in [3.05, 3.63) is 58.1 Å². The van der Waals surface area contributed by atoms with Crippen molar-refractivity contribution in [1.29, 1.82) is 0 Å². The minimum atomic E-state index is -3.66. The molecule has 0 aliphatic rings. The Hall–Kier alpha value is -1.89. The molecule has 2 rings (SSSR count). The van der Waals surface area contributed by atoms with Gasteiger partial charge in [0.1, 0.15) is 0 Å². The van der Waals surface area contributed by atoms with Crippen LogP contribution < -0.4 is 10.0 Å². The average molecular weight is 395 g/mol. The van der Waals surface area contributed by atoms with Crippen molar-refractivity contribution < 1.29 is 13.2 Å². The number of benzene rings is 2. The van der Waals surface area contributed by atoms with Gasteiger partial charge in [-0.2, -0.15) is 0 Å². The van der Waals surface area contributed by atoms with Crippen LogP contribution in [0.5, 0.6) is 0 Å². The number of aryl methyl sites for hydroxylation is 2. The van der Waals surface area contributed by atoms with Gasteiger partial charge >= 0.3 is 0 Å². The third-order valence-electron chi connectivity index (χ3n) is 3.76. The summed E-state index contributed by atoms with van der Waals surface area (Å²) in [5.74, 6) is -0.234. The smallest absolute Gasteiger partial charge is 0.255 e. The molecule has 0 aliphatic heterocycles. The molecule has 140 valence electrons. The molecule has 2 aromatic rings. The van der Waals surface area contributed by atoms with Gasteiger partial charge in [0.2, 0.25) is 10.0 Å². The molecule has 0 aliphatic carbocycles. The molecule has 0 saturated carbocycles. The largest absolute Gasteiger partial charge is 0.320 e. The van der Waals surface area contributed by atoms with E-state index in [0.29, 0.717) is 17.3 Å². The van der Waals surface area contributed by atoms with E-state index in [1.807, 2.05) is 33.8 Å². The summed E-state index contributed by atoms with van der Waals surface area (Å²) in [5, 5.41) is 3.21. The zero-order chi connectivity index (χ0) is 19.5. The summed E-state index contributed by atoms with van der Waals surface area (Å²) in [6.45, 7) is 7.94. The second-order valence-corrected chi connectivity index (χ2v) is 8.84. The zero-order valence-electron chi connectivity index (χ0n) is 15.3. The van der Waals surface area contributed by atoms with Crippen LogP contribution in [-0.2, 0) is 10.0 Å². The monoisotopic (exact) mass is 394 g/mol. The molecule has 0 aromatic heterocycles. The molecule has 2 N–H and O–H groups in total. The molecule has 0 unspecified atom stereocenters. The molecule has 0 atom stereocenters. The van der Waals surface area contributed by atoms with Crippen LogP contribution in [-0.4, -0.2) is 20.9 Å². The van der Waals surface area contributed by atoms with Gasteiger partial charge in [-0.1, -0.05) is 37.6 Å². The molecular weight excluding hydrogens is 372 g/mol. The van der Waals surface area contributed by atoms with E-state index in [1.165, 1.54) is 12.1 Å². The molecule has 0 fully saturated rings. The first kappa shape index (κ1) is 20.4. The van der Waals surface area contributed by atoms with E-state index < -0.39 is 15.9 Å². The molecule has 2 aromatic carbocycles. The van der Waals surface area contributed by atoms with Crippen molar-refractivity contribution in [2.45, 2.75) is 32.6 Å². The average Bonchev–Trinajstić information content (AvgIpc) is 2.56. The SMILES string of the molecule is Cc1cc(C)c(NC(=O)c2cccc(S(=O)(=O)NCC(C)C)c2)c(Cl)c1. The van der Waals surface area contributed by atoms with E-state index in [-0.39, 0.29) is 16.4 Å². The lowest BCUT2D eigenvalue weighted by Crippen LogP contribution is -2.27. The second-order valence-electron chi connectivity index (χ2n) is 6.67. The molecule has 7 heteroatoms. The number of hydrogen-bond acceptors (Lipinski definition) is 3. The van der Waals surface area contributed by atoms with Gasteiger partial charge < -0.3 is 5.32 Å². The Morgan fingerprint density at radius 2 is 1.85 bits per heavy atom. The number of amides is 1. The van der Waals surface area contributed by atoms with Crippen LogP contribution in [0.4, 0.5) is 5.69 Å². The fraction of sp³-hybridized carbons (Fsp3) is 0.316. The lowest BCUT2D eigenvalue weighted by molar-refractivity contribution is 0.102. The van der Waals surface area contributed by atoms with Gasteiger partial charge in [-0.15, -0.1) is 0 Å². The first-order valence-corrected chi connectivity index (χ1v) is 10.1. The first-order valence-electron chi connectivity index (χ1n) is 8.28. The van der Waals surface area contributed by atoms with Gasteiger partial charge in [-0.05, 0) is 55.2 Å². The minimum absolute atomic E-state index is 0.0533. The highest BCUT2D eigenvalue weighted by Crippen LogP contribution is 2.28. The Morgan fingerprint density at radius 3 is 2.46 bits per heavy atom. The lowest BCUT2D eigenvalue weighted by Gasteiger charge is -2.13. The Labute approximate surface area is 159 Å². The van der Waals surface area contributed by atoms with Crippen molar-refractivity contribution in [3.63, 3.8) is 0 Å². The molecule has 0 heterocycles. The summed E-state index contributed by atoms with van der Waals surface area (Å²) in [6, 6.07) is 9.61. The Balaban J connectivity index is 2.26. The first-order chi connectivity index (χ1) is 12.1. The van der Waals surface area contributed by atoms with Gasteiger partial charge in [0.05, 0.1) is 15.6 Å². The predicted octanol–water partition coefficient (Wildman–Crippen LogP) is 4.14. The number of hydrogen-bond donors (Lipinski definition) is 2. The maximum absolute atomic E-state index is 12.6. The number of rotatable bonds is 6. The number of carbonyl (C=O) groups excluding carboxylic acids is 1. The summed E-state index contributed by atoms with van der Waals surface area (Å²) < 4.78 is 27.2. The summed E-state index contributed by atoms with van der Waals surface area (Å²) >= 11 is 6.22. The number of sulfonamides is 1. The van der Waals surface area contributed by atoms with Crippen LogP contribution in [0.1, 0.15) is 35.3 Å². The summed E-state index contributed by atoms with van der Waals surface area (Å²) in [5.41, 5.74) is 2.60. The number of nitrogens with one attached hydrogen (secondary N) is 2. The molecular formula is C19H23ClN2O3S. The Bertz CT molecular complexity index is 901. The maximum Gasteiger partial charge on any atom is 0.255 e. The number of halogens is 1. The topological polar surface area (TPSA) is 75.3 Å². The number of anilines is 1. The van der Waals surface area contributed by atoms with E-state index in [4.69, 9.17) is 11.6 Å². The summed E-state index contributed by atoms with van der Waals surface area (Å²) in [6.07, 6.45) is 0. The quantitative estimate of drug-likeness (QED) is 0.772. The standard InChI is InChI=1S/C19H23ClN2O3S/c1-12(2)11-21-26(24,25)16-7-5-6-15(10-16)19(23)22-18-14(4)8-13(3)9-17(18)20/h5-10,12,21H,11H2,1-4H3,(H,22,23). The molecule has 5 nitrogen and oxygen atoms in total. The van der Waals surface area contributed by atoms with Crippen LogP contribution in [0.15, 0.2) is 41.3 Å². The van der Waals surface area contributed by atoms with Gasteiger partial charge in [0.15, 0.2) is 0 Å². The van der Waals surface area contributed by atoms with Crippen molar-refractivity contribution in [3.8, 4) is 0 Å². The Kier molecular flexibility index (Phi) is 6.44. The van der Waals surface area contributed by atoms with Gasteiger partial charge in [0, 0.05) is 12.1 Å². The normalized spacial score (nSPS) is 11.6. The van der Waals surface area contributed by atoms with Crippen LogP contribution in [0.2, 0.25) is 5.02 Å². The minimum Gasteiger partial charge on any atom is -0.320 e. The van der Waals surface area contributed by atoms with E-state index >= 15 is 0 Å². The highest BCUT2D eigenvalue weighted by Gasteiger charge is 2.17.